The summed E-state index contributed by atoms with van der Waals surface area (Å²) in [4.78, 5) is 30.1. The number of hydrogen-bond acceptors (Lipinski definition) is 4. The molecule has 3 aliphatic heterocycles. The number of amides is 2. The monoisotopic (exact) mass is 426 g/mol. The number of nitrogens with zero attached hydrogens (tertiary/aromatic N) is 2. The largest absolute Gasteiger partial charge is 0.370 e. The molecule has 5 atom stereocenters. The molecule has 1 aliphatic carbocycles. The Labute approximate surface area is 186 Å². The first-order chi connectivity index (χ1) is 14.7. The fourth-order valence-corrected chi connectivity index (χ4v) is 5.84. The summed E-state index contributed by atoms with van der Waals surface area (Å²) >= 11 is 0. The SMILES string of the molecule is CCN1C=C(C(=O)NCC2C[C@H]3CC[C@@H](C2)N3CC(=O)NC(C)(C)C)C2C=CC=CC21. The van der Waals surface area contributed by atoms with Gasteiger partial charge in [-0.1, -0.05) is 24.3 Å². The predicted octanol–water partition coefficient (Wildman–Crippen LogP) is 2.59. The van der Waals surface area contributed by atoms with Gasteiger partial charge in [0, 0.05) is 48.4 Å². The molecule has 2 saturated heterocycles. The number of fused-ring (bicyclic) bond motifs is 3. The van der Waals surface area contributed by atoms with Crippen molar-refractivity contribution in [3.63, 3.8) is 0 Å². The number of nitrogens with one attached hydrogen (secondary N) is 2. The van der Waals surface area contributed by atoms with Crippen molar-refractivity contribution in [2.45, 2.75) is 77.0 Å². The van der Waals surface area contributed by atoms with Gasteiger partial charge < -0.3 is 15.5 Å². The van der Waals surface area contributed by atoms with E-state index in [2.05, 4.69) is 45.6 Å². The maximum absolute atomic E-state index is 13.0. The summed E-state index contributed by atoms with van der Waals surface area (Å²) in [5.74, 6) is 0.841. The van der Waals surface area contributed by atoms with Crippen molar-refractivity contribution in [2.75, 3.05) is 19.6 Å². The van der Waals surface area contributed by atoms with Crippen LogP contribution in [0.15, 0.2) is 36.1 Å². The van der Waals surface area contributed by atoms with Gasteiger partial charge in [0.05, 0.1) is 12.6 Å². The zero-order chi connectivity index (χ0) is 22.2. The third kappa shape index (κ3) is 4.89. The summed E-state index contributed by atoms with van der Waals surface area (Å²) in [6.45, 7) is 10.3. The molecule has 0 radical (unpaired) electrons. The highest BCUT2D eigenvalue weighted by Gasteiger charge is 2.42. The fraction of sp³-hybridized carbons (Fsp3) is 0.680. The molecule has 2 amide bonds. The second-order valence-corrected chi connectivity index (χ2v) is 10.6. The predicted molar refractivity (Wildman–Crippen MR) is 123 cm³/mol. The first-order valence-electron chi connectivity index (χ1n) is 11.9. The van der Waals surface area contributed by atoms with Crippen molar-refractivity contribution in [2.24, 2.45) is 11.8 Å². The number of rotatable bonds is 6. The summed E-state index contributed by atoms with van der Waals surface area (Å²) in [5, 5.41) is 6.33. The lowest BCUT2D eigenvalue weighted by Crippen LogP contribution is -2.52. The molecular formula is C25H38N4O2. The van der Waals surface area contributed by atoms with E-state index >= 15 is 0 Å². The molecule has 4 rings (SSSR count). The maximum atomic E-state index is 13.0. The Hall–Kier alpha value is -2.08. The van der Waals surface area contributed by atoms with Crippen molar-refractivity contribution in [1.29, 1.82) is 0 Å². The van der Waals surface area contributed by atoms with Gasteiger partial charge in [-0.3, -0.25) is 14.5 Å². The quantitative estimate of drug-likeness (QED) is 0.685. The summed E-state index contributed by atoms with van der Waals surface area (Å²) < 4.78 is 0. The van der Waals surface area contributed by atoms with Crippen LogP contribution in [-0.4, -0.2) is 64.9 Å². The smallest absolute Gasteiger partial charge is 0.249 e. The Balaban J connectivity index is 1.29. The van der Waals surface area contributed by atoms with Crippen molar-refractivity contribution in [1.82, 2.24) is 20.4 Å². The van der Waals surface area contributed by atoms with E-state index in [1.165, 1.54) is 0 Å². The minimum absolute atomic E-state index is 0.0743. The number of likely N-dealkylation sites (N-methyl/N-ethyl adjacent to an activating group) is 1. The van der Waals surface area contributed by atoms with Crippen LogP contribution in [0, 0.1) is 11.8 Å². The molecule has 0 spiro atoms. The zero-order valence-electron chi connectivity index (χ0n) is 19.4. The normalized spacial score (nSPS) is 32.1. The van der Waals surface area contributed by atoms with Crippen LogP contribution in [0.5, 0.6) is 0 Å². The molecule has 6 heteroatoms. The van der Waals surface area contributed by atoms with E-state index in [1.807, 2.05) is 33.0 Å². The zero-order valence-corrected chi connectivity index (χ0v) is 19.4. The van der Waals surface area contributed by atoms with E-state index in [1.54, 1.807) is 0 Å². The summed E-state index contributed by atoms with van der Waals surface area (Å²) in [7, 11) is 0. The first-order valence-corrected chi connectivity index (χ1v) is 11.9. The molecule has 3 heterocycles. The summed E-state index contributed by atoms with van der Waals surface area (Å²) in [5.41, 5.74) is 0.690. The third-order valence-electron chi connectivity index (χ3n) is 7.15. The van der Waals surface area contributed by atoms with Gasteiger partial charge in [0.1, 0.15) is 0 Å². The van der Waals surface area contributed by atoms with E-state index in [0.717, 1.165) is 44.3 Å². The Morgan fingerprint density at radius 3 is 2.42 bits per heavy atom. The van der Waals surface area contributed by atoms with Crippen LogP contribution in [0.2, 0.25) is 0 Å². The molecule has 170 valence electrons. The molecule has 3 unspecified atom stereocenters. The fourth-order valence-electron chi connectivity index (χ4n) is 5.84. The van der Waals surface area contributed by atoms with E-state index in [4.69, 9.17) is 0 Å². The number of hydrogen-bond donors (Lipinski definition) is 2. The van der Waals surface area contributed by atoms with Gasteiger partial charge >= 0.3 is 0 Å². The molecule has 2 N–H and O–H groups in total. The van der Waals surface area contributed by atoms with Crippen molar-refractivity contribution in [3.05, 3.63) is 36.1 Å². The van der Waals surface area contributed by atoms with E-state index in [0.29, 0.717) is 24.5 Å². The number of allylic oxidation sites excluding steroid dienone is 2. The number of carbonyl (C=O) groups excluding carboxylic acids is 2. The van der Waals surface area contributed by atoms with Crippen LogP contribution in [0.3, 0.4) is 0 Å². The van der Waals surface area contributed by atoms with Gasteiger partial charge in [-0.15, -0.1) is 0 Å². The van der Waals surface area contributed by atoms with Crippen LogP contribution in [-0.2, 0) is 9.59 Å². The van der Waals surface area contributed by atoms with Crippen LogP contribution in [0.4, 0.5) is 0 Å². The lowest BCUT2D eigenvalue weighted by Gasteiger charge is -2.39. The minimum Gasteiger partial charge on any atom is -0.370 e. The van der Waals surface area contributed by atoms with Crippen LogP contribution < -0.4 is 10.6 Å². The van der Waals surface area contributed by atoms with E-state index < -0.39 is 0 Å². The highest BCUT2D eigenvalue weighted by Crippen LogP contribution is 2.38. The Bertz CT molecular complexity index is 780. The van der Waals surface area contributed by atoms with Gasteiger partial charge in [0.2, 0.25) is 11.8 Å². The Kier molecular flexibility index (Phi) is 6.29. The molecule has 31 heavy (non-hydrogen) atoms. The van der Waals surface area contributed by atoms with Gasteiger partial charge in [-0.05, 0) is 59.3 Å². The second kappa shape index (κ2) is 8.81. The topological polar surface area (TPSA) is 64.7 Å². The number of piperidine rings is 1. The highest BCUT2D eigenvalue weighted by atomic mass is 16.2. The molecule has 2 bridgehead atoms. The number of carbonyl (C=O) groups is 2. The van der Waals surface area contributed by atoms with Crippen LogP contribution in [0.25, 0.3) is 0 Å². The van der Waals surface area contributed by atoms with Crippen molar-refractivity contribution in [3.8, 4) is 0 Å². The van der Waals surface area contributed by atoms with Gasteiger partial charge in [-0.25, -0.2) is 0 Å². The molecule has 0 aromatic rings. The van der Waals surface area contributed by atoms with Gasteiger partial charge in [-0.2, -0.15) is 0 Å². The first kappa shape index (κ1) is 22.1. The Morgan fingerprint density at radius 2 is 1.77 bits per heavy atom. The molecule has 6 nitrogen and oxygen atoms in total. The maximum Gasteiger partial charge on any atom is 0.249 e. The molecule has 4 aliphatic rings. The second-order valence-electron chi connectivity index (χ2n) is 10.6. The summed E-state index contributed by atoms with van der Waals surface area (Å²) in [6.07, 6.45) is 15.0. The van der Waals surface area contributed by atoms with Crippen molar-refractivity contribution < 1.29 is 9.59 Å². The Morgan fingerprint density at radius 1 is 1.10 bits per heavy atom. The van der Waals surface area contributed by atoms with E-state index in [9.17, 15) is 9.59 Å². The minimum atomic E-state index is -0.191. The van der Waals surface area contributed by atoms with E-state index in [-0.39, 0.29) is 29.3 Å². The third-order valence-corrected chi connectivity index (χ3v) is 7.15. The lowest BCUT2D eigenvalue weighted by molar-refractivity contribution is -0.125. The van der Waals surface area contributed by atoms with Crippen LogP contribution >= 0.6 is 0 Å². The van der Waals surface area contributed by atoms with Gasteiger partial charge in [0.15, 0.2) is 0 Å². The summed E-state index contributed by atoms with van der Waals surface area (Å²) in [6, 6.07) is 1.20. The van der Waals surface area contributed by atoms with Crippen LogP contribution in [0.1, 0.15) is 53.4 Å². The molecule has 0 saturated carbocycles. The standard InChI is InChI=1S/C25H38N4O2/c1-5-28-15-21(20-8-6-7-9-22(20)28)24(31)26-14-17-12-18-10-11-19(13-17)29(18)16-23(30)27-25(2,3)4/h6-9,15,17-20,22H,5,10-14,16H2,1-4H3,(H,26,31)(H,27,30)/t17?,18-,19+,20?,22?. The average Bonchev–Trinajstić information content (AvgIpc) is 3.18. The highest BCUT2D eigenvalue weighted by molar-refractivity contribution is 5.95. The lowest BCUT2D eigenvalue weighted by atomic mass is 9.89. The molecule has 2 fully saturated rings. The van der Waals surface area contributed by atoms with Crippen molar-refractivity contribution >= 4 is 11.8 Å². The molecular weight excluding hydrogens is 388 g/mol. The molecule has 0 aromatic carbocycles. The average molecular weight is 427 g/mol. The van der Waals surface area contributed by atoms with Gasteiger partial charge in [0.25, 0.3) is 0 Å². The molecule has 0 aromatic heterocycles.